The van der Waals surface area contributed by atoms with Gasteiger partial charge in [-0.3, -0.25) is 4.79 Å². The molecule has 318 valence electrons. The first-order valence-corrected chi connectivity index (χ1v) is 23.4. The molecule has 0 rings (SSSR count). The molecule has 0 saturated carbocycles. The summed E-state index contributed by atoms with van der Waals surface area (Å²) in [5.41, 5.74) is 0. The first-order chi connectivity index (χ1) is 26.5. The minimum atomic E-state index is -1.29. The van der Waals surface area contributed by atoms with E-state index < -0.39 is 36.9 Å². The van der Waals surface area contributed by atoms with Crippen molar-refractivity contribution >= 4 is 5.91 Å². The van der Waals surface area contributed by atoms with E-state index in [1.54, 1.807) is 0 Å². The van der Waals surface area contributed by atoms with Gasteiger partial charge >= 0.3 is 0 Å². The molecular formula is C48H91NO5. The van der Waals surface area contributed by atoms with Crippen LogP contribution in [-0.2, 0) is 4.79 Å². The number of aliphatic hydroxyl groups excluding tert-OH is 4. The molecule has 0 aliphatic heterocycles. The predicted octanol–water partition coefficient (Wildman–Crippen LogP) is 12.5. The lowest BCUT2D eigenvalue weighted by molar-refractivity contribution is -0.132. The zero-order valence-electron chi connectivity index (χ0n) is 35.7. The Labute approximate surface area is 335 Å². The molecule has 0 aromatic rings. The third-order valence-electron chi connectivity index (χ3n) is 10.8. The van der Waals surface area contributed by atoms with Gasteiger partial charge in [-0.25, -0.2) is 0 Å². The second-order valence-electron chi connectivity index (χ2n) is 16.1. The van der Waals surface area contributed by atoms with E-state index in [1.807, 2.05) is 0 Å². The van der Waals surface area contributed by atoms with Crippen LogP contribution in [0.4, 0.5) is 0 Å². The van der Waals surface area contributed by atoms with Crippen molar-refractivity contribution in [2.75, 3.05) is 6.61 Å². The Hall–Kier alpha value is -1.47. The number of unbranched alkanes of at least 4 members (excludes halogenated alkanes) is 27. The minimum Gasteiger partial charge on any atom is -0.394 e. The van der Waals surface area contributed by atoms with Crippen LogP contribution in [0.1, 0.15) is 232 Å². The Kier molecular flexibility index (Phi) is 41.5. The zero-order chi connectivity index (χ0) is 39.6. The highest BCUT2D eigenvalue weighted by atomic mass is 16.3. The molecule has 4 atom stereocenters. The van der Waals surface area contributed by atoms with Crippen LogP contribution in [0.15, 0.2) is 36.5 Å². The van der Waals surface area contributed by atoms with Crippen LogP contribution >= 0.6 is 0 Å². The topological polar surface area (TPSA) is 110 Å². The van der Waals surface area contributed by atoms with Gasteiger partial charge in [-0.2, -0.15) is 0 Å². The molecule has 6 nitrogen and oxygen atoms in total. The maximum absolute atomic E-state index is 12.4. The first-order valence-electron chi connectivity index (χ1n) is 23.4. The molecule has 0 fully saturated rings. The number of nitrogens with one attached hydrogen (secondary N) is 1. The van der Waals surface area contributed by atoms with Crippen LogP contribution in [-0.4, -0.2) is 57.3 Å². The number of aliphatic hydroxyl groups is 4. The van der Waals surface area contributed by atoms with E-state index in [2.05, 4.69) is 55.6 Å². The van der Waals surface area contributed by atoms with Crippen molar-refractivity contribution in [2.24, 2.45) is 0 Å². The van der Waals surface area contributed by atoms with E-state index >= 15 is 0 Å². The number of carbonyl (C=O) groups excluding carboxylic acids is 1. The summed E-state index contributed by atoms with van der Waals surface area (Å²) in [6.45, 7) is 3.98. The van der Waals surface area contributed by atoms with Crippen LogP contribution in [0.3, 0.4) is 0 Å². The number of rotatable bonds is 42. The highest BCUT2D eigenvalue weighted by Crippen LogP contribution is 2.16. The highest BCUT2D eigenvalue weighted by molar-refractivity contribution is 5.80. The zero-order valence-corrected chi connectivity index (χ0v) is 35.7. The second kappa shape index (κ2) is 42.7. The average Bonchev–Trinajstić information content (AvgIpc) is 3.18. The number of allylic oxidation sites excluding steroid dienone is 6. The maximum atomic E-state index is 12.4. The van der Waals surface area contributed by atoms with Gasteiger partial charge in [-0.05, 0) is 70.6 Å². The van der Waals surface area contributed by atoms with Gasteiger partial charge in [0.2, 0.25) is 5.91 Å². The van der Waals surface area contributed by atoms with Gasteiger partial charge in [0.05, 0.1) is 18.8 Å². The summed E-state index contributed by atoms with van der Waals surface area (Å²) in [5.74, 6) is -0.610. The summed E-state index contributed by atoms with van der Waals surface area (Å²) in [6.07, 6.45) is 50.7. The average molecular weight is 762 g/mol. The monoisotopic (exact) mass is 762 g/mol. The smallest absolute Gasteiger partial charge is 0.249 e. The summed E-state index contributed by atoms with van der Waals surface area (Å²) >= 11 is 0. The molecular weight excluding hydrogens is 671 g/mol. The van der Waals surface area contributed by atoms with E-state index in [9.17, 15) is 25.2 Å². The number of hydrogen-bond donors (Lipinski definition) is 5. The molecule has 6 heteroatoms. The van der Waals surface area contributed by atoms with Gasteiger partial charge in [0.15, 0.2) is 0 Å². The van der Waals surface area contributed by atoms with E-state index in [4.69, 9.17) is 0 Å². The summed E-state index contributed by atoms with van der Waals surface area (Å²) in [6, 6.07) is -1.01. The second-order valence-corrected chi connectivity index (χ2v) is 16.1. The number of hydrogen-bond acceptors (Lipinski definition) is 5. The molecule has 0 bridgehead atoms. The van der Waals surface area contributed by atoms with E-state index in [-0.39, 0.29) is 0 Å². The normalized spacial score (nSPS) is 14.4. The van der Waals surface area contributed by atoms with E-state index in [0.29, 0.717) is 19.3 Å². The van der Waals surface area contributed by atoms with Gasteiger partial charge in [-0.1, -0.05) is 198 Å². The number of amides is 1. The van der Waals surface area contributed by atoms with E-state index in [1.165, 1.54) is 141 Å². The predicted molar refractivity (Wildman–Crippen MR) is 233 cm³/mol. The fraction of sp³-hybridized carbons (Fsp3) is 0.854. The molecule has 0 aliphatic rings. The van der Waals surface area contributed by atoms with Crippen LogP contribution in [0.2, 0.25) is 0 Å². The first kappa shape index (κ1) is 52.5. The Morgan fingerprint density at radius 3 is 1.22 bits per heavy atom. The van der Waals surface area contributed by atoms with Crippen molar-refractivity contribution in [3.63, 3.8) is 0 Å². The largest absolute Gasteiger partial charge is 0.394 e. The molecule has 0 aromatic heterocycles. The molecule has 54 heavy (non-hydrogen) atoms. The van der Waals surface area contributed by atoms with Gasteiger partial charge in [0.1, 0.15) is 12.2 Å². The molecule has 0 spiro atoms. The molecule has 0 aromatic carbocycles. The molecule has 4 unspecified atom stereocenters. The Bertz CT molecular complexity index is 858. The standard InChI is InChI=1S/C48H91NO5/c1-3-5-7-9-11-13-15-16-17-18-19-20-21-22-23-24-25-26-27-28-29-30-31-32-34-35-37-39-41-45(51)47(53)44(43-50)49-48(54)46(52)42-40-38-36-33-14-12-10-8-6-4-2/h10,12,29-30,34-35,44-47,50-53H,3-9,11,13-28,31-33,36-43H2,1-2H3,(H,49,54)/b12-10-,30-29+,35-34+. The molecule has 0 heterocycles. The van der Waals surface area contributed by atoms with Crippen molar-refractivity contribution in [3.05, 3.63) is 36.5 Å². The Balaban J connectivity index is 3.69. The Morgan fingerprint density at radius 2 is 0.796 bits per heavy atom. The van der Waals surface area contributed by atoms with Crippen molar-refractivity contribution in [1.29, 1.82) is 0 Å². The molecule has 0 saturated heterocycles. The minimum absolute atomic E-state index is 0.344. The van der Waals surface area contributed by atoms with Crippen molar-refractivity contribution in [1.82, 2.24) is 5.32 Å². The molecule has 0 aliphatic carbocycles. The summed E-state index contributed by atoms with van der Waals surface area (Å²) in [5, 5.41) is 43.5. The van der Waals surface area contributed by atoms with Gasteiger partial charge in [-0.15, -0.1) is 0 Å². The van der Waals surface area contributed by atoms with E-state index in [0.717, 1.165) is 57.8 Å². The molecule has 1 amide bonds. The summed E-state index contributed by atoms with van der Waals surface area (Å²) < 4.78 is 0. The van der Waals surface area contributed by atoms with Gasteiger partial charge in [0.25, 0.3) is 0 Å². The van der Waals surface area contributed by atoms with Gasteiger partial charge in [0, 0.05) is 0 Å². The third-order valence-corrected chi connectivity index (χ3v) is 10.8. The van der Waals surface area contributed by atoms with Crippen molar-refractivity contribution < 1.29 is 25.2 Å². The fourth-order valence-electron chi connectivity index (χ4n) is 7.05. The van der Waals surface area contributed by atoms with Crippen molar-refractivity contribution in [2.45, 2.75) is 257 Å². The van der Waals surface area contributed by atoms with Crippen LogP contribution in [0, 0.1) is 0 Å². The Morgan fingerprint density at radius 1 is 0.444 bits per heavy atom. The van der Waals surface area contributed by atoms with Crippen LogP contribution in [0.5, 0.6) is 0 Å². The summed E-state index contributed by atoms with van der Waals surface area (Å²) in [7, 11) is 0. The quantitative estimate of drug-likeness (QED) is 0.0314. The van der Waals surface area contributed by atoms with Crippen LogP contribution < -0.4 is 5.32 Å². The maximum Gasteiger partial charge on any atom is 0.249 e. The third kappa shape index (κ3) is 36.2. The van der Waals surface area contributed by atoms with Crippen LogP contribution in [0.25, 0.3) is 0 Å². The SMILES string of the molecule is CCCC/C=C\CCCCCCC(O)C(=O)NC(CO)C(O)C(O)CCC/C=C/CC/C=C/CCCCCCCCCCCCCCCCCCCCC. The lowest BCUT2D eigenvalue weighted by Gasteiger charge is -2.27. The van der Waals surface area contributed by atoms with Crippen molar-refractivity contribution in [3.8, 4) is 0 Å². The van der Waals surface area contributed by atoms with Gasteiger partial charge < -0.3 is 25.7 Å². The fourth-order valence-corrected chi connectivity index (χ4v) is 7.05. The lowest BCUT2D eigenvalue weighted by atomic mass is 10.00. The number of carbonyl (C=O) groups is 1. The summed E-state index contributed by atoms with van der Waals surface area (Å²) in [4.78, 5) is 12.4. The highest BCUT2D eigenvalue weighted by Gasteiger charge is 2.28. The lowest BCUT2D eigenvalue weighted by Crippen LogP contribution is -2.53. The molecule has 5 N–H and O–H groups in total. The molecule has 0 radical (unpaired) electrons.